The minimum Gasteiger partial charge on any atom is -0.459 e. The molecule has 188 valence electrons. The summed E-state index contributed by atoms with van der Waals surface area (Å²) in [7, 11) is 0. The van der Waals surface area contributed by atoms with Crippen LogP contribution in [0.5, 0.6) is 0 Å². The second-order valence-corrected chi connectivity index (χ2v) is 10.7. The number of ether oxygens (including phenoxy) is 1. The number of carbonyl (C=O) groups is 2. The Labute approximate surface area is 218 Å². The van der Waals surface area contributed by atoms with E-state index in [9.17, 15) is 9.59 Å². The predicted molar refractivity (Wildman–Crippen MR) is 146 cm³/mol. The minimum atomic E-state index is -0.442. The molecule has 1 saturated carbocycles. The molecule has 0 bridgehead atoms. The van der Waals surface area contributed by atoms with Crippen LogP contribution < -0.4 is 5.32 Å². The van der Waals surface area contributed by atoms with Gasteiger partial charge in [-0.05, 0) is 66.8 Å². The molecular formula is C33H33NO3. The van der Waals surface area contributed by atoms with Crippen molar-refractivity contribution in [1.29, 1.82) is 0 Å². The van der Waals surface area contributed by atoms with Gasteiger partial charge in [-0.3, -0.25) is 4.79 Å². The van der Waals surface area contributed by atoms with Crippen LogP contribution in [0.15, 0.2) is 95.3 Å². The Balaban J connectivity index is 1.45. The highest BCUT2D eigenvalue weighted by Crippen LogP contribution is 2.47. The van der Waals surface area contributed by atoms with Crippen molar-refractivity contribution in [3.63, 3.8) is 0 Å². The summed E-state index contributed by atoms with van der Waals surface area (Å²) in [5.41, 5.74) is 5.20. The standard InChI is InChI=1S/C33H33NO3/c1-21-30(33(36)37-25-15-6-3-7-16-25)31(27-18-10-14-23-13-8-9-17-26(23)27)32-28(34-21)19-24(20-29(32)35)22-11-4-2-5-12-22/h2,4-5,8-14,17-18,24-25,31,34H,3,6-7,15-16,19-20H2,1H3. The molecule has 3 aromatic rings. The number of carbonyl (C=O) groups excluding carboxylic acids is 2. The van der Waals surface area contributed by atoms with Crippen LogP contribution >= 0.6 is 0 Å². The van der Waals surface area contributed by atoms with Gasteiger partial charge >= 0.3 is 5.97 Å². The monoisotopic (exact) mass is 491 g/mol. The van der Waals surface area contributed by atoms with Gasteiger partial charge in [0.25, 0.3) is 0 Å². The van der Waals surface area contributed by atoms with Crippen LogP contribution in [0.4, 0.5) is 0 Å². The van der Waals surface area contributed by atoms with Crippen molar-refractivity contribution in [1.82, 2.24) is 5.32 Å². The van der Waals surface area contributed by atoms with Gasteiger partial charge in [0.1, 0.15) is 6.10 Å². The zero-order chi connectivity index (χ0) is 25.4. The Bertz CT molecular complexity index is 1410. The molecule has 4 nitrogen and oxygen atoms in total. The van der Waals surface area contributed by atoms with E-state index in [1.165, 1.54) is 12.0 Å². The quantitative estimate of drug-likeness (QED) is 0.396. The first-order chi connectivity index (χ1) is 18.1. The van der Waals surface area contributed by atoms with E-state index < -0.39 is 5.92 Å². The van der Waals surface area contributed by atoms with Crippen LogP contribution in [0.1, 0.15) is 74.8 Å². The molecule has 4 heteroatoms. The molecule has 37 heavy (non-hydrogen) atoms. The first-order valence-corrected chi connectivity index (χ1v) is 13.6. The smallest absolute Gasteiger partial charge is 0.337 e. The van der Waals surface area contributed by atoms with E-state index in [2.05, 4.69) is 41.7 Å². The van der Waals surface area contributed by atoms with Gasteiger partial charge in [-0.25, -0.2) is 4.79 Å². The van der Waals surface area contributed by atoms with Gasteiger partial charge in [0.15, 0.2) is 5.78 Å². The normalized spacial score (nSPS) is 22.6. The molecule has 3 aromatic carbocycles. The maximum atomic E-state index is 13.9. The van der Waals surface area contributed by atoms with Crippen LogP contribution in [0.3, 0.4) is 0 Å². The zero-order valence-electron chi connectivity index (χ0n) is 21.3. The summed E-state index contributed by atoms with van der Waals surface area (Å²) in [6.45, 7) is 1.95. The Kier molecular flexibility index (Phi) is 6.42. The molecular weight excluding hydrogens is 458 g/mol. The summed E-state index contributed by atoms with van der Waals surface area (Å²) >= 11 is 0. The Hall–Kier alpha value is -3.66. The largest absolute Gasteiger partial charge is 0.459 e. The first-order valence-electron chi connectivity index (χ1n) is 13.6. The summed E-state index contributed by atoms with van der Waals surface area (Å²) in [6.07, 6.45) is 6.35. The van der Waals surface area contributed by atoms with E-state index in [0.29, 0.717) is 12.0 Å². The zero-order valence-corrected chi connectivity index (χ0v) is 21.3. The number of dihydropyridines is 1. The molecule has 6 rings (SSSR count). The summed E-state index contributed by atoms with van der Waals surface area (Å²) in [4.78, 5) is 27.7. The summed E-state index contributed by atoms with van der Waals surface area (Å²) in [5, 5.41) is 5.67. The lowest BCUT2D eigenvalue weighted by molar-refractivity contribution is -0.146. The van der Waals surface area contributed by atoms with Crippen molar-refractivity contribution in [2.75, 3.05) is 0 Å². The number of benzene rings is 3. The van der Waals surface area contributed by atoms with E-state index in [4.69, 9.17) is 4.74 Å². The molecule has 2 unspecified atom stereocenters. The predicted octanol–water partition coefficient (Wildman–Crippen LogP) is 7.08. The lowest BCUT2D eigenvalue weighted by atomic mass is 9.71. The van der Waals surface area contributed by atoms with Gasteiger partial charge < -0.3 is 10.1 Å². The fourth-order valence-electron chi connectivity index (χ4n) is 6.48. The number of ketones is 1. The van der Waals surface area contributed by atoms with Crippen LogP contribution in [-0.4, -0.2) is 17.9 Å². The number of Topliss-reactive ketones (excluding diaryl/α,β-unsaturated/α-hetero) is 1. The topological polar surface area (TPSA) is 55.4 Å². The molecule has 0 aromatic heterocycles. The maximum absolute atomic E-state index is 13.9. The van der Waals surface area contributed by atoms with E-state index in [1.54, 1.807) is 0 Å². The van der Waals surface area contributed by atoms with Gasteiger partial charge in [-0.2, -0.15) is 0 Å². The average molecular weight is 492 g/mol. The summed E-state index contributed by atoms with van der Waals surface area (Å²) in [6, 6.07) is 24.7. The summed E-state index contributed by atoms with van der Waals surface area (Å²) in [5.74, 6) is -0.505. The van der Waals surface area contributed by atoms with Crippen LogP contribution in [0, 0.1) is 0 Å². The average Bonchev–Trinajstić information content (AvgIpc) is 2.93. The Morgan fingerprint density at radius 1 is 0.865 bits per heavy atom. The van der Waals surface area contributed by atoms with Crippen LogP contribution in [-0.2, 0) is 14.3 Å². The Morgan fingerprint density at radius 2 is 1.59 bits per heavy atom. The van der Waals surface area contributed by atoms with Crippen molar-refractivity contribution in [2.45, 2.75) is 69.8 Å². The SMILES string of the molecule is CC1=C(C(=O)OC2CCCCC2)C(c2cccc3ccccc23)C2=C(CC(c3ccccc3)CC2=O)N1. The number of nitrogens with one attached hydrogen (secondary N) is 1. The molecule has 0 radical (unpaired) electrons. The highest BCUT2D eigenvalue weighted by molar-refractivity contribution is 6.05. The lowest BCUT2D eigenvalue weighted by Crippen LogP contribution is -2.37. The molecule has 1 N–H and O–H groups in total. The summed E-state index contributed by atoms with van der Waals surface area (Å²) < 4.78 is 6.10. The van der Waals surface area contributed by atoms with Gasteiger partial charge in [-0.1, -0.05) is 79.2 Å². The number of hydrogen-bond acceptors (Lipinski definition) is 4. The molecule has 0 saturated heterocycles. The molecule has 1 fully saturated rings. The highest BCUT2D eigenvalue weighted by Gasteiger charge is 2.42. The van der Waals surface area contributed by atoms with Crippen molar-refractivity contribution in [3.8, 4) is 0 Å². The fraction of sp³-hybridized carbons (Fsp3) is 0.333. The molecule has 3 aliphatic rings. The number of allylic oxidation sites excluding steroid dienone is 3. The third-order valence-corrected chi connectivity index (χ3v) is 8.28. The molecule has 0 spiro atoms. The van der Waals surface area contributed by atoms with Crippen molar-refractivity contribution in [2.24, 2.45) is 0 Å². The van der Waals surface area contributed by atoms with Gasteiger partial charge in [0.2, 0.25) is 0 Å². The Morgan fingerprint density at radius 3 is 2.41 bits per heavy atom. The number of hydrogen-bond donors (Lipinski definition) is 1. The fourth-order valence-corrected chi connectivity index (χ4v) is 6.48. The van der Waals surface area contributed by atoms with Gasteiger partial charge in [0.05, 0.1) is 5.57 Å². The highest BCUT2D eigenvalue weighted by atomic mass is 16.5. The van der Waals surface area contributed by atoms with E-state index in [-0.39, 0.29) is 23.8 Å². The van der Waals surface area contributed by atoms with Crippen LogP contribution in [0.25, 0.3) is 10.8 Å². The van der Waals surface area contributed by atoms with E-state index >= 15 is 0 Å². The molecule has 2 atom stereocenters. The third kappa shape index (κ3) is 4.50. The first kappa shape index (κ1) is 23.7. The van der Waals surface area contributed by atoms with Gasteiger partial charge in [0, 0.05) is 29.3 Å². The molecule has 1 heterocycles. The second kappa shape index (κ2) is 10.0. The third-order valence-electron chi connectivity index (χ3n) is 8.28. The molecule has 0 amide bonds. The van der Waals surface area contributed by atoms with E-state index in [1.807, 2.05) is 43.3 Å². The maximum Gasteiger partial charge on any atom is 0.337 e. The van der Waals surface area contributed by atoms with Crippen molar-refractivity contribution in [3.05, 3.63) is 106 Å². The number of rotatable bonds is 4. The van der Waals surface area contributed by atoms with Gasteiger partial charge in [-0.15, -0.1) is 0 Å². The number of esters is 1. The number of fused-ring (bicyclic) bond motifs is 1. The van der Waals surface area contributed by atoms with Crippen LogP contribution in [0.2, 0.25) is 0 Å². The van der Waals surface area contributed by atoms with Crippen molar-refractivity contribution >= 4 is 22.5 Å². The second-order valence-electron chi connectivity index (χ2n) is 10.7. The van der Waals surface area contributed by atoms with Crippen molar-refractivity contribution < 1.29 is 14.3 Å². The molecule has 1 aliphatic heterocycles. The minimum absolute atomic E-state index is 0.0467. The van der Waals surface area contributed by atoms with E-state index in [0.717, 1.165) is 65.4 Å². The molecule has 2 aliphatic carbocycles. The lowest BCUT2D eigenvalue weighted by Gasteiger charge is -2.37.